The zero-order valence-corrected chi connectivity index (χ0v) is 11.0. The smallest absolute Gasteiger partial charge is 0.227 e. The van der Waals surface area contributed by atoms with E-state index >= 15 is 0 Å². The molecule has 0 aliphatic carbocycles. The monoisotopic (exact) mass is 277 g/mol. The van der Waals surface area contributed by atoms with Crippen molar-refractivity contribution < 1.29 is 14.0 Å². The molecule has 1 fully saturated rings. The third-order valence-corrected chi connectivity index (χ3v) is 3.60. The third kappa shape index (κ3) is 2.80. The Morgan fingerprint density at radius 3 is 2.90 bits per heavy atom. The molecule has 0 amide bonds. The van der Waals surface area contributed by atoms with E-state index in [1.54, 1.807) is 6.07 Å². The lowest BCUT2D eigenvalue weighted by molar-refractivity contribution is 0.313. The number of aromatic hydroxyl groups is 1. The SMILES string of the molecule is Oc1ccc(-c2noc(CC3CCNCC3)n2)cc1F. The van der Waals surface area contributed by atoms with Crippen LogP contribution in [0.25, 0.3) is 11.4 Å². The molecule has 3 rings (SSSR count). The van der Waals surface area contributed by atoms with Crippen LogP contribution in [0, 0.1) is 11.7 Å². The second-order valence-corrected chi connectivity index (χ2v) is 5.08. The van der Waals surface area contributed by atoms with Crippen molar-refractivity contribution in [3.8, 4) is 17.1 Å². The van der Waals surface area contributed by atoms with Crippen molar-refractivity contribution in [2.75, 3.05) is 13.1 Å². The molecular formula is C14H16FN3O2. The Hall–Kier alpha value is -1.95. The van der Waals surface area contributed by atoms with Crippen LogP contribution < -0.4 is 5.32 Å². The number of benzene rings is 1. The summed E-state index contributed by atoms with van der Waals surface area (Å²) in [6, 6.07) is 4.06. The number of rotatable bonds is 3. The van der Waals surface area contributed by atoms with Crippen LogP contribution >= 0.6 is 0 Å². The number of phenolic OH excluding ortho intramolecular Hbond substituents is 1. The Morgan fingerprint density at radius 1 is 1.35 bits per heavy atom. The predicted octanol–water partition coefficient (Wildman–Crippen LogP) is 2.12. The summed E-state index contributed by atoms with van der Waals surface area (Å²) in [6.07, 6.45) is 2.96. The fourth-order valence-electron chi connectivity index (χ4n) is 2.43. The topological polar surface area (TPSA) is 71.2 Å². The molecule has 1 aromatic heterocycles. The van der Waals surface area contributed by atoms with E-state index in [4.69, 9.17) is 9.63 Å². The molecule has 0 bridgehead atoms. The molecule has 0 unspecified atom stereocenters. The van der Waals surface area contributed by atoms with Crippen molar-refractivity contribution in [3.05, 3.63) is 29.9 Å². The van der Waals surface area contributed by atoms with Gasteiger partial charge in [0.2, 0.25) is 11.7 Å². The number of halogens is 1. The standard InChI is InChI=1S/C14H16FN3O2/c15-11-8-10(1-2-12(11)19)14-17-13(20-18-14)7-9-3-5-16-6-4-9/h1-2,8-9,16,19H,3-7H2. The van der Waals surface area contributed by atoms with E-state index in [9.17, 15) is 4.39 Å². The molecular weight excluding hydrogens is 261 g/mol. The van der Waals surface area contributed by atoms with Crippen LogP contribution in [0.15, 0.2) is 22.7 Å². The van der Waals surface area contributed by atoms with Crippen molar-refractivity contribution in [2.24, 2.45) is 5.92 Å². The van der Waals surface area contributed by atoms with Gasteiger partial charge in [-0.1, -0.05) is 5.16 Å². The highest BCUT2D eigenvalue weighted by Gasteiger charge is 2.18. The average molecular weight is 277 g/mol. The van der Waals surface area contributed by atoms with Crippen LogP contribution in [-0.2, 0) is 6.42 Å². The van der Waals surface area contributed by atoms with Crippen molar-refractivity contribution in [2.45, 2.75) is 19.3 Å². The van der Waals surface area contributed by atoms with E-state index in [0.717, 1.165) is 32.4 Å². The molecule has 2 heterocycles. The lowest BCUT2D eigenvalue weighted by Crippen LogP contribution is -2.28. The molecule has 0 atom stereocenters. The Bertz CT molecular complexity index is 594. The highest BCUT2D eigenvalue weighted by Crippen LogP contribution is 2.24. The first-order chi connectivity index (χ1) is 9.72. The first-order valence-electron chi connectivity index (χ1n) is 6.74. The summed E-state index contributed by atoms with van der Waals surface area (Å²) in [5.41, 5.74) is 0.501. The summed E-state index contributed by atoms with van der Waals surface area (Å²) in [7, 11) is 0. The summed E-state index contributed by atoms with van der Waals surface area (Å²) in [4.78, 5) is 4.30. The third-order valence-electron chi connectivity index (χ3n) is 3.60. The van der Waals surface area contributed by atoms with Crippen molar-refractivity contribution in [3.63, 3.8) is 0 Å². The van der Waals surface area contributed by atoms with Gasteiger partial charge < -0.3 is 14.9 Å². The maximum Gasteiger partial charge on any atom is 0.227 e. The molecule has 2 N–H and O–H groups in total. The minimum Gasteiger partial charge on any atom is -0.505 e. The maximum atomic E-state index is 13.3. The molecule has 106 valence electrons. The number of hydrogen-bond donors (Lipinski definition) is 2. The molecule has 0 saturated carbocycles. The molecule has 6 heteroatoms. The molecule has 2 aromatic rings. The van der Waals surface area contributed by atoms with Crippen LogP contribution in [0.5, 0.6) is 5.75 Å². The summed E-state index contributed by atoms with van der Waals surface area (Å²) < 4.78 is 18.5. The zero-order chi connectivity index (χ0) is 13.9. The normalized spacial score (nSPS) is 16.4. The van der Waals surface area contributed by atoms with Crippen LogP contribution in [0.1, 0.15) is 18.7 Å². The molecule has 5 nitrogen and oxygen atoms in total. The highest BCUT2D eigenvalue weighted by atomic mass is 19.1. The van der Waals surface area contributed by atoms with Gasteiger partial charge in [0.25, 0.3) is 0 Å². The minimum absolute atomic E-state index is 0.354. The highest BCUT2D eigenvalue weighted by molar-refractivity contribution is 5.55. The van der Waals surface area contributed by atoms with Gasteiger partial charge in [0, 0.05) is 12.0 Å². The van der Waals surface area contributed by atoms with Gasteiger partial charge in [0.15, 0.2) is 11.6 Å². The zero-order valence-electron chi connectivity index (χ0n) is 11.0. The lowest BCUT2D eigenvalue weighted by Gasteiger charge is -2.20. The van der Waals surface area contributed by atoms with Crippen LogP contribution in [0.4, 0.5) is 4.39 Å². The largest absolute Gasteiger partial charge is 0.505 e. The summed E-state index contributed by atoms with van der Waals surface area (Å²) in [6.45, 7) is 2.05. The second-order valence-electron chi connectivity index (χ2n) is 5.08. The van der Waals surface area contributed by atoms with E-state index in [1.807, 2.05) is 0 Å². The Morgan fingerprint density at radius 2 is 2.15 bits per heavy atom. The first kappa shape index (κ1) is 13.1. The Kier molecular flexibility index (Phi) is 3.64. The number of piperidine rings is 1. The van der Waals surface area contributed by atoms with Crippen molar-refractivity contribution in [1.29, 1.82) is 0 Å². The Balaban J connectivity index is 1.73. The molecule has 0 spiro atoms. The number of nitrogens with zero attached hydrogens (tertiary/aromatic N) is 2. The Labute approximate surface area is 115 Å². The summed E-state index contributed by atoms with van der Waals surface area (Å²) >= 11 is 0. The van der Waals surface area contributed by atoms with Crippen LogP contribution in [0.2, 0.25) is 0 Å². The molecule has 20 heavy (non-hydrogen) atoms. The lowest BCUT2D eigenvalue weighted by atomic mass is 9.95. The average Bonchev–Trinajstić information content (AvgIpc) is 2.91. The fraction of sp³-hybridized carbons (Fsp3) is 0.429. The van der Waals surface area contributed by atoms with E-state index in [-0.39, 0.29) is 5.75 Å². The molecule has 1 aromatic carbocycles. The van der Waals surface area contributed by atoms with Gasteiger partial charge in [-0.3, -0.25) is 0 Å². The molecule has 1 aliphatic heterocycles. The number of aromatic nitrogens is 2. The predicted molar refractivity (Wildman–Crippen MR) is 70.7 cm³/mol. The quantitative estimate of drug-likeness (QED) is 0.899. The first-order valence-corrected chi connectivity index (χ1v) is 6.74. The van der Waals surface area contributed by atoms with Crippen LogP contribution in [-0.4, -0.2) is 28.3 Å². The van der Waals surface area contributed by atoms with E-state index in [0.29, 0.717) is 23.2 Å². The van der Waals surface area contributed by atoms with Gasteiger partial charge in [-0.15, -0.1) is 0 Å². The molecule has 1 aliphatic rings. The van der Waals surface area contributed by atoms with E-state index in [2.05, 4.69) is 15.5 Å². The summed E-state index contributed by atoms with van der Waals surface area (Å²) in [5, 5.41) is 16.4. The van der Waals surface area contributed by atoms with Gasteiger partial charge in [-0.05, 0) is 50.0 Å². The molecule has 1 saturated heterocycles. The van der Waals surface area contributed by atoms with Crippen LogP contribution in [0.3, 0.4) is 0 Å². The molecule has 0 radical (unpaired) electrons. The van der Waals surface area contributed by atoms with Crippen molar-refractivity contribution >= 4 is 0 Å². The summed E-state index contributed by atoms with van der Waals surface area (Å²) in [5.74, 6) is 0.425. The van der Waals surface area contributed by atoms with Gasteiger partial charge in [-0.25, -0.2) is 4.39 Å². The second kappa shape index (κ2) is 5.58. The van der Waals surface area contributed by atoms with Gasteiger partial charge >= 0.3 is 0 Å². The van der Waals surface area contributed by atoms with Crippen molar-refractivity contribution in [1.82, 2.24) is 15.5 Å². The fourth-order valence-corrected chi connectivity index (χ4v) is 2.43. The minimum atomic E-state index is -0.688. The van der Waals surface area contributed by atoms with E-state index in [1.165, 1.54) is 12.1 Å². The number of nitrogens with one attached hydrogen (secondary N) is 1. The van der Waals surface area contributed by atoms with E-state index < -0.39 is 5.82 Å². The maximum absolute atomic E-state index is 13.3. The van der Waals surface area contributed by atoms with Gasteiger partial charge in [0.05, 0.1) is 0 Å². The number of hydrogen-bond acceptors (Lipinski definition) is 5. The number of phenols is 1. The van der Waals surface area contributed by atoms with Gasteiger partial charge in [0.1, 0.15) is 0 Å². The van der Waals surface area contributed by atoms with Gasteiger partial charge in [-0.2, -0.15) is 4.98 Å².